The van der Waals surface area contributed by atoms with Gasteiger partial charge in [-0.05, 0) is 51.3 Å². The summed E-state index contributed by atoms with van der Waals surface area (Å²) in [6.07, 6.45) is 7.37. The van der Waals surface area contributed by atoms with E-state index in [1.807, 2.05) is 13.8 Å². The normalized spacial score (nSPS) is 15.2. The molecule has 2 aromatic rings. The van der Waals surface area contributed by atoms with Crippen molar-refractivity contribution in [3.05, 3.63) is 47.3 Å². The summed E-state index contributed by atoms with van der Waals surface area (Å²) in [5, 5.41) is 11.5. The van der Waals surface area contributed by atoms with Crippen LogP contribution in [0.15, 0.2) is 35.5 Å². The van der Waals surface area contributed by atoms with Crippen molar-refractivity contribution in [3.8, 4) is 5.75 Å². The van der Waals surface area contributed by atoms with Crippen LogP contribution in [-0.2, 0) is 13.1 Å². The molecule has 3 rings (SSSR count). The maximum Gasteiger partial charge on any atom is 0.191 e. The summed E-state index contributed by atoms with van der Waals surface area (Å²) in [6, 6.07) is 8.97. The molecule has 28 heavy (non-hydrogen) atoms. The van der Waals surface area contributed by atoms with Gasteiger partial charge in [-0.25, -0.2) is 0 Å². The second-order valence-electron chi connectivity index (χ2n) is 7.78. The molecular weight excluding hydrogens is 350 g/mol. The highest BCUT2D eigenvalue weighted by Crippen LogP contribution is 2.28. The van der Waals surface area contributed by atoms with E-state index in [4.69, 9.17) is 9.84 Å². The number of nitrogens with one attached hydrogen (secondary N) is 2. The fourth-order valence-electron chi connectivity index (χ4n) is 3.59. The molecule has 152 valence electrons. The van der Waals surface area contributed by atoms with Gasteiger partial charge in [-0.15, -0.1) is 0 Å². The third-order valence-electron chi connectivity index (χ3n) is 5.05. The van der Waals surface area contributed by atoms with E-state index in [0.29, 0.717) is 19.1 Å². The van der Waals surface area contributed by atoms with E-state index < -0.39 is 0 Å². The van der Waals surface area contributed by atoms with Crippen LogP contribution in [0.4, 0.5) is 0 Å². The van der Waals surface area contributed by atoms with Crippen molar-refractivity contribution >= 4 is 5.96 Å². The molecule has 1 fully saturated rings. The Morgan fingerprint density at radius 3 is 2.68 bits per heavy atom. The smallest absolute Gasteiger partial charge is 0.191 e. The zero-order valence-corrected chi connectivity index (χ0v) is 17.5. The van der Waals surface area contributed by atoms with E-state index in [9.17, 15) is 0 Å². The Morgan fingerprint density at radius 1 is 1.21 bits per heavy atom. The first-order valence-electron chi connectivity index (χ1n) is 10.3. The highest BCUT2D eigenvalue weighted by atomic mass is 16.5. The van der Waals surface area contributed by atoms with E-state index in [1.54, 1.807) is 7.05 Å². The van der Waals surface area contributed by atoms with E-state index in [0.717, 1.165) is 23.0 Å². The predicted molar refractivity (Wildman–Crippen MR) is 114 cm³/mol. The lowest BCUT2D eigenvalue weighted by Crippen LogP contribution is -2.36. The van der Waals surface area contributed by atoms with E-state index >= 15 is 0 Å². The molecule has 0 aliphatic heterocycles. The summed E-state index contributed by atoms with van der Waals surface area (Å²) in [4.78, 5) is 4.33. The van der Waals surface area contributed by atoms with Gasteiger partial charge in [0.25, 0.3) is 0 Å². The van der Waals surface area contributed by atoms with E-state index in [1.165, 1.54) is 31.2 Å². The monoisotopic (exact) mass is 383 g/mol. The zero-order chi connectivity index (χ0) is 19.9. The molecule has 0 unspecified atom stereocenters. The summed E-state index contributed by atoms with van der Waals surface area (Å²) in [7, 11) is 1.78. The van der Waals surface area contributed by atoms with Crippen LogP contribution in [0.25, 0.3) is 0 Å². The molecule has 1 aromatic heterocycles. The Labute approximate surface area is 168 Å². The van der Waals surface area contributed by atoms with Crippen LogP contribution in [0.5, 0.6) is 5.75 Å². The second kappa shape index (κ2) is 9.62. The first-order chi connectivity index (χ1) is 13.5. The van der Waals surface area contributed by atoms with Crippen LogP contribution in [0.3, 0.4) is 0 Å². The number of benzene rings is 1. The minimum absolute atomic E-state index is 0.146. The maximum absolute atomic E-state index is 5.96. The van der Waals surface area contributed by atoms with Crippen molar-refractivity contribution < 1.29 is 4.74 Å². The summed E-state index contributed by atoms with van der Waals surface area (Å²) in [6.45, 7) is 7.48. The van der Waals surface area contributed by atoms with Gasteiger partial charge in [0.1, 0.15) is 5.75 Å². The first kappa shape index (κ1) is 20.2. The lowest BCUT2D eigenvalue weighted by molar-refractivity contribution is 0.239. The highest BCUT2D eigenvalue weighted by molar-refractivity contribution is 5.79. The molecule has 0 radical (unpaired) electrons. The molecule has 0 bridgehead atoms. The maximum atomic E-state index is 5.96. The number of hydrogen-bond donors (Lipinski definition) is 2. The molecule has 6 nitrogen and oxygen atoms in total. The molecule has 1 heterocycles. The Kier molecular flexibility index (Phi) is 6.95. The third-order valence-corrected chi connectivity index (χ3v) is 5.05. The quantitative estimate of drug-likeness (QED) is 0.561. The van der Waals surface area contributed by atoms with Gasteiger partial charge in [0.2, 0.25) is 0 Å². The van der Waals surface area contributed by atoms with Gasteiger partial charge in [0, 0.05) is 25.4 Å². The fraction of sp³-hybridized carbons (Fsp3) is 0.545. The topological polar surface area (TPSA) is 63.5 Å². The van der Waals surface area contributed by atoms with Crippen molar-refractivity contribution in [3.63, 3.8) is 0 Å². The molecule has 0 saturated heterocycles. The molecule has 2 N–H and O–H groups in total. The van der Waals surface area contributed by atoms with Gasteiger partial charge in [-0.3, -0.25) is 9.67 Å². The van der Waals surface area contributed by atoms with Gasteiger partial charge in [0.15, 0.2) is 5.96 Å². The van der Waals surface area contributed by atoms with Gasteiger partial charge < -0.3 is 15.4 Å². The van der Waals surface area contributed by atoms with Gasteiger partial charge >= 0.3 is 0 Å². The van der Waals surface area contributed by atoms with Crippen LogP contribution in [0.2, 0.25) is 0 Å². The van der Waals surface area contributed by atoms with Crippen LogP contribution >= 0.6 is 0 Å². The lowest BCUT2D eigenvalue weighted by atomic mass is 10.1. The molecule has 1 aliphatic carbocycles. The van der Waals surface area contributed by atoms with Crippen LogP contribution in [-0.4, -0.2) is 28.9 Å². The van der Waals surface area contributed by atoms with Crippen molar-refractivity contribution in [2.45, 2.75) is 71.7 Å². The molecule has 0 atom stereocenters. The van der Waals surface area contributed by atoms with Crippen molar-refractivity contribution in [1.82, 2.24) is 20.4 Å². The molecule has 0 amide bonds. The molecule has 6 heteroatoms. The Hall–Kier alpha value is -2.50. The summed E-state index contributed by atoms with van der Waals surface area (Å²) < 4.78 is 8.09. The van der Waals surface area contributed by atoms with E-state index in [2.05, 4.69) is 57.7 Å². The van der Waals surface area contributed by atoms with Gasteiger partial charge in [0.05, 0.1) is 24.4 Å². The Bertz CT molecular complexity index is 790. The van der Waals surface area contributed by atoms with Crippen molar-refractivity contribution in [2.24, 2.45) is 4.99 Å². The van der Waals surface area contributed by atoms with Gasteiger partial charge in [-0.1, -0.05) is 25.0 Å². The second-order valence-corrected chi connectivity index (χ2v) is 7.78. The summed E-state index contributed by atoms with van der Waals surface area (Å²) in [5.74, 6) is 1.68. The number of aryl methyl sites for hydroxylation is 1. The first-order valence-corrected chi connectivity index (χ1v) is 10.3. The molecule has 0 spiro atoms. The lowest BCUT2D eigenvalue weighted by Gasteiger charge is -2.17. The number of hydrogen-bond acceptors (Lipinski definition) is 3. The number of nitrogens with zero attached hydrogens (tertiary/aromatic N) is 3. The molecular formula is C22H33N5O. The van der Waals surface area contributed by atoms with Crippen molar-refractivity contribution in [2.75, 3.05) is 7.05 Å². The molecule has 1 saturated carbocycles. The number of aromatic nitrogens is 2. The van der Waals surface area contributed by atoms with Crippen LogP contribution in [0, 0.1) is 6.92 Å². The van der Waals surface area contributed by atoms with Crippen molar-refractivity contribution in [1.29, 1.82) is 0 Å². The SMILES string of the molecule is CN=C(NCc1ccn(C2CCCC2)n1)NCc1ccc(C)cc1OC(C)C. The zero-order valence-electron chi connectivity index (χ0n) is 17.5. The third kappa shape index (κ3) is 5.50. The number of ether oxygens (including phenoxy) is 1. The summed E-state index contributed by atoms with van der Waals surface area (Å²) in [5.41, 5.74) is 3.35. The molecule has 1 aromatic carbocycles. The van der Waals surface area contributed by atoms with Crippen LogP contribution in [0.1, 0.15) is 62.4 Å². The Balaban J connectivity index is 1.54. The van der Waals surface area contributed by atoms with E-state index in [-0.39, 0.29) is 6.10 Å². The largest absolute Gasteiger partial charge is 0.491 e. The number of aliphatic imine (C=N–C) groups is 1. The van der Waals surface area contributed by atoms with Crippen LogP contribution < -0.4 is 15.4 Å². The minimum atomic E-state index is 0.146. The highest BCUT2D eigenvalue weighted by Gasteiger charge is 2.17. The minimum Gasteiger partial charge on any atom is -0.491 e. The van der Waals surface area contributed by atoms with Gasteiger partial charge in [-0.2, -0.15) is 5.10 Å². The fourth-order valence-corrected chi connectivity index (χ4v) is 3.59. The number of rotatable bonds is 7. The summed E-state index contributed by atoms with van der Waals surface area (Å²) >= 11 is 0. The average Bonchev–Trinajstić information content (AvgIpc) is 3.34. The standard InChI is InChI=1S/C22H33N5O/c1-16(2)28-21-13-17(3)9-10-18(21)14-24-22(23-4)25-15-19-11-12-27(26-19)20-7-5-6-8-20/h9-13,16,20H,5-8,14-15H2,1-4H3,(H2,23,24,25). The Morgan fingerprint density at radius 2 is 1.96 bits per heavy atom. The average molecular weight is 384 g/mol. The molecule has 1 aliphatic rings. The number of guanidine groups is 1. The predicted octanol–water partition coefficient (Wildman–Crippen LogP) is 3.96.